The Morgan fingerprint density at radius 3 is 2.71 bits per heavy atom. The molecular formula is C13H17N5O3. The van der Waals surface area contributed by atoms with Gasteiger partial charge < -0.3 is 10.4 Å². The summed E-state index contributed by atoms with van der Waals surface area (Å²) in [5, 5.41) is 19.8. The highest BCUT2D eigenvalue weighted by Crippen LogP contribution is 2.16. The van der Waals surface area contributed by atoms with E-state index in [-0.39, 0.29) is 5.91 Å². The van der Waals surface area contributed by atoms with Gasteiger partial charge in [-0.05, 0) is 20.8 Å². The fraction of sp³-hybridized carbons (Fsp3) is 0.385. The lowest BCUT2D eigenvalue weighted by molar-refractivity contribution is -0.146. The number of nitrogens with one attached hydrogen (secondary N) is 1. The van der Waals surface area contributed by atoms with E-state index < -0.39 is 11.5 Å². The van der Waals surface area contributed by atoms with Crippen molar-refractivity contribution in [2.75, 3.05) is 5.32 Å². The molecule has 2 rings (SSSR count). The standard InChI is InChI=1S/C13H17N5O3/c1-4-17-8-9(7-14-17)11(19)15-10-5-6-18(16-10)13(2,3)12(20)21/h5-8H,4H2,1-3H3,(H,20,21)(H,15,16,19). The third-order valence-corrected chi connectivity index (χ3v) is 3.15. The third-order valence-electron chi connectivity index (χ3n) is 3.15. The summed E-state index contributed by atoms with van der Waals surface area (Å²) in [6.45, 7) is 5.65. The summed E-state index contributed by atoms with van der Waals surface area (Å²) in [5.74, 6) is -1.06. The SMILES string of the molecule is CCn1cc(C(=O)Nc2ccn(C(C)(C)C(=O)O)n2)cn1. The van der Waals surface area contributed by atoms with E-state index in [4.69, 9.17) is 5.11 Å². The summed E-state index contributed by atoms with van der Waals surface area (Å²) in [7, 11) is 0. The molecule has 8 nitrogen and oxygen atoms in total. The van der Waals surface area contributed by atoms with Crippen LogP contribution in [0.15, 0.2) is 24.7 Å². The van der Waals surface area contributed by atoms with Gasteiger partial charge >= 0.3 is 5.97 Å². The summed E-state index contributed by atoms with van der Waals surface area (Å²) < 4.78 is 2.93. The van der Waals surface area contributed by atoms with Crippen molar-refractivity contribution >= 4 is 17.7 Å². The van der Waals surface area contributed by atoms with Crippen molar-refractivity contribution in [2.24, 2.45) is 0 Å². The molecule has 21 heavy (non-hydrogen) atoms. The first-order valence-electron chi connectivity index (χ1n) is 6.48. The Hall–Kier alpha value is -2.64. The summed E-state index contributed by atoms with van der Waals surface area (Å²) in [5.41, 5.74) is -0.764. The number of aliphatic carboxylic acids is 1. The molecule has 0 radical (unpaired) electrons. The minimum Gasteiger partial charge on any atom is -0.479 e. The first-order chi connectivity index (χ1) is 9.84. The van der Waals surface area contributed by atoms with Crippen molar-refractivity contribution in [1.29, 1.82) is 0 Å². The predicted octanol–water partition coefficient (Wildman–Crippen LogP) is 1.17. The van der Waals surface area contributed by atoms with Crippen molar-refractivity contribution in [3.8, 4) is 0 Å². The van der Waals surface area contributed by atoms with Gasteiger partial charge in [0.25, 0.3) is 5.91 Å². The topological polar surface area (TPSA) is 102 Å². The predicted molar refractivity (Wildman–Crippen MR) is 75.0 cm³/mol. The molecule has 0 fully saturated rings. The molecule has 0 bridgehead atoms. The number of anilines is 1. The molecule has 0 aliphatic heterocycles. The van der Waals surface area contributed by atoms with Crippen LogP contribution in [0.2, 0.25) is 0 Å². The van der Waals surface area contributed by atoms with Crippen LogP contribution in [0, 0.1) is 0 Å². The van der Waals surface area contributed by atoms with Gasteiger partial charge in [0.2, 0.25) is 0 Å². The maximum absolute atomic E-state index is 12.0. The summed E-state index contributed by atoms with van der Waals surface area (Å²) in [4.78, 5) is 23.2. The van der Waals surface area contributed by atoms with Crippen molar-refractivity contribution < 1.29 is 14.7 Å². The van der Waals surface area contributed by atoms with Gasteiger partial charge in [-0.3, -0.25) is 14.2 Å². The number of hydrogen-bond donors (Lipinski definition) is 2. The molecule has 0 unspecified atom stereocenters. The van der Waals surface area contributed by atoms with E-state index in [0.717, 1.165) is 0 Å². The van der Waals surface area contributed by atoms with Crippen molar-refractivity contribution in [1.82, 2.24) is 19.6 Å². The molecule has 0 aromatic carbocycles. The molecule has 1 amide bonds. The van der Waals surface area contributed by atoms with Crippen LogP contribution in [0.3, 0.4) is 0 Å². The van der Waals surface area contributed by atoms with E-state index in [1.807, 2.05) is 6.92 Å². The van der Waals surface area contributed by atoms with Crippen LogP contribution in [0.4, 0.5) is 5.82 Å². The van der Waals surface area contributed by atoms with Crippen molar-refractivity contribution in [2.45, 2.75) is 32.9 Å². The fourth-order valence-corrected chi connectivity index (χ4v) is 1.64. The molecule has 2 N–H and O–H groups in total. The zero-order chi connectivity index (χ0) is 15.6. The molecule has 8 heteroatoms. The molecule has 112 valence electrons. The van der Waals surface area contributed by atoms with Crippen LogP contribution < -0.4 is 5.32 Å². The first-order valence-corrected chi connectivity index (χ1v) is 6.48. The number of rotatable bonds is 5. The molecular weight excluding hydrogens is 274 g/mol. The molecule has 0 saturated heterocycles. The fourth-order valence-electron chi connectivity index (χ4n) is 1.64. The van der Waals surface area contributed by atoms with Gasteiger partial charge in [0, 0.05) is 25.0 Å². The van der Waals surface area contributed by atoms with E-state index in [1.54, 1.807) is 16.9 Å². The third kappa shape index (κ3) is 2.93. The van der Waals surface area contributed by atoms with E-state index in [2.05, 4.69) is 15.5 Å². The Morgan fingerprint density at radius 2 is 2.14 bits per heavy atom. The number of carboxylic acids is 1. The molecule has 2 aromatic rings. The molecule has 2 aromatic heterocycles. The Morgan fingerprint density at radius 1 is 1.43 bits per heavy atom. The van der Waals surface area contributed by atoms with Gasteiger partial charge in [-0.2, -0.15) is 10.2 Å². The van der Waals surface area contributed by atoms with Crippen molar-refractivity contribution in [3.05, 3.63) is 30.2 Å². The molecule has 0 aliphatic carbocycles. The van der Waals surface area contributed by atoms with Gasteiger partial charge in [-0.15, -0.1) is 0 Å². The maximum atomic E-state index is 12.0. The zero-order valence-corrected chi connectivity index (χ0v) is 12.1. The number of amides is 1. The lowest BCUT2D eigenvalue weighted by Crippen LogP contribution is -2.36. The zero-order valence-electron chi connectivity index (χ0n) is 12.1. The molecule has 0 atom stereocenters. The average Bonchev–Trinajstić information content (AvgIpc) is 3.07. The summed E-state index contributed by atoms with van der Waals surface area (Å²) in [6.07, 6.45) is 4.61. The van der Waals surface area contributed by atoms with Crippen LogP contribution in [0.5, 0.6) is 0 Å². The Labute approximate surface area is 121 Å². The average molecular weight is 291 g/mol. The normalized spacial score (nSPS) is 11.4. The molecule has 0 aliphatic rings. The van der Waals surface area contributed by atoms with E-state index >= 15 is 0 Å². The maximum Gasteiger partial charge on any atom is 0.331 e. The monoisotopic (exact) mass is 291 g/mol. The van der Waals surface area contributed by atoms with Gasteiger partial charge in [-0.25, -0.2) is 4.79 Å². The summed E-state index contributed by atoms with van der Waals surface area (Å²) in [6, 6.07) is 1.55. The van der Waals surface area contributed by atoms with Crippen LogP contribution in [0.25, 0.3) is 0 Å². The van der Waals surface area contributed by atoms with Crippen LogP contribution in [-0.4, -0.2) is 36.5 Å². The summed E-state index contributed by atoms with van der Waals surface area (Å²) >= 11 is 0. The molecule has 2 heterocycles. The van der Waals surface area contributed by atoms with Gasteiger partial charge in [0.15, 0.2) is 11.4 Å². The highest BCUT2D eigenvalue weighted by atomic mass is 16.4. The number of carbonyl (C=O) groups is 2. The molecule has 0 spiro atoms. The minimum absolute atomic E-state index is 0.290. The quantitative estimate of drug-likeness (QED) is 0.861. The van der Waals surface area contributed by atoms with Crippen molar-refractivity contribution in [3.63, 3.8) is 0 Å². The van der Waals surface area contributed by atoms with Crippen LogP contribution >= 0.6 is 0 Å². The number of carboxylic acid groups (broad SMARTS) is 1. The van der Waals surface area contributed by atoms with Crippen LogP contribution in [0.1, 0.15) is 31.1 Å². The van der Waals surface area contributed by atoms with Gasteiger partial charge in [-0.1, -0.05) is 0 Å². The highest BCUT2D eigenvalue weighted by Gasteiger charge is 2.30. The number of hydrogen-bond acceptors (Lipinski definition) is 4. The first kappa shape index (κ1) is 14.8. The largest absolute Gasteiger partial charge is 0.479 e. The van der Waals surface area contributed by atoms with Crippen LogP contribution in [-0.2, 0) is 16.9 Å². The van der Waals surface area contributed by atoms with Gasteiger partial charge in [0.05, 0.1) is 11.8 Å². The number of aromatic nitrogens is 4. The van der Waals surface area contributed by atoms with E-state index in [0.29, 0.717) is 17.9 Å². The lowest BCUT2D eigenvalue weighted by Gasteiger charge is -2.19. The number of carbonyl (C=O) groups excluding carboxylic acids is 1. The minimum atomic E-state index is -1.18. The Bertz CT molecular complexity index is 671. The number of aryl methyl sites for hydroxylation is 1. The highest BCUT2D eigenvalue weighted by molar-refractivity contribution is 6.03. The lowest BCUT2D eigenvalue weighted by atomic mass is 10.1. The second-order valence-corrected chi connectivity index (χ2v) is 5.05. The molecule has 0 saturated carbocycles. The Kier molecular flexibility index (Phi) is 3.79. The number of nitrogens with zero attached hydrogens (tertiary/aromatic N) is 4. The second-order valence-electron chi connectivity index (χ2n) is 5.05. The smallest absolute Gasteiger partial charge is 0.331 e. The van der Waals surface area contributed by atoms with E-state index in [1.165, 1.54) is 30.9 Å². The Balaban J connectivity index is 2.12. The second kappa shape index (κ2) is 5.39. The van der Waals surface area contributed by atoms with Gasteiger partial charge in [0.1, 0.15) is 0 Å². The van der Waals surface area contributed by atoms with E-state index in [9.17, 15) is 9.59 Å².